The second-order valence-electron chi connectivity index (χ2n) is 10.4. The monoisotopic (exact) mass is 343 g/mol. The van der Waals surface area contributed by atoms with E-state index in [1.807, 2.05) is 11.9 Å². The third-order valence-electron chi connectivity index (χ3n) is 9.54. The zero-order chi connectivity index (χ0) is 18.1. The van der Waals surface area contributed by atoms with Crippen molar-refractivity contribution in [3.63, 3.8) is 0 Å². The lowest BCUT2D eigenvalue weighted by molar-refractivity contribution is -0.150. The first-order chi connectivity index (χ1) is 11.7. The number of rotatable bonds is 1. The largest absolute Gasteiger partial charge is 0.338 e. The van der Waals surface area contributed by atoms with Gasteiger partial charge < -0.3 is 4.90 Å². The summed E-state index contributed by atoms with van der Waals surface area (Å²) in [6.07, 6.45) is 9.00. The topological polar surface area (TPSA) is 20.3 Å². The lowest BCUT2D eigenvalue weighted by Gasteiger charge is -2.62. The molecule has 0 unspecified atom stereocenters. The molecule has 2 heteroatoms. The van der Waals surface area contributed by atoms with Crippen LogP contribution >= 0.6 is 0 Å². The maximum Gasteiger partial charge on any atom is 0.249 e. The molecule has 0 bridgehead atoms. The van der Waals surface area contributed by atoms with E-state index in [1.165, 1.54) is 38.5 Å². The average molecular weight is 344 g/mol. The van der Waals surface area contributed by atoms with Crippen molar-refractivity contribution in [3.8, 4) is 0 Å². The minimum Gasteiger partial charge on any atom is -0.338 e. The molecule has 4 aliphatic rings. The molecule has 1 heterocycles. The number of hydrogen-bond donors (Lipinski definition) is 0. The average Bonchev–Trinajstić information content (AvgIpc) is 2.82. The molecular formula is C23H37NO. The van der Waals surface area contributed by atoms with Gasteiger partial charge in [-0.15, -0.1) is 0 Å². The fraction of sp³-hybridized carbons (Fsp3) is 0.870. The quantitative estimate of drug-likeness (QED) is 0.593. The summed E-state index contributed by atoms with van der Waals surface area (Å²) in [5, 5.41) is 0. The SMILES string of the molecule is C=C1C[C@]2(C)[C@H]3CC[C@]4(C)[C@H](CC)[C@@H](C)C[C@H]4[C@@H]3CC[C@H]2N(C)C1=O. The highest BCUT2D eigenvalue weighted by Gasteiger charge is 2.62. The van der Waals surface area contributed by atoms with Crippen molar-refractivity contribution in [1.82, 2.24) is 4.90 Å². The molecule has 3 aliphatic carbocycles. The van der Waals surface area contributed by atoms with E-state index < -0.39 is 0 Å². The number of amides is 1. The molecule has 4 rings (SSSR count). The van der Waals surface area contributed by atoms with Gasteiger partial charge >= 0.3 is 0 Å². The van der Waals surface area contributed by atoms with Crippen LogP contribution in [0.5, 0.6) is 0 Å². The Bertz CT molecular complexity index is 597. The fourth-order valence-electron chi connectivity index (χ4n) is 8.58. The Hall–Kier alpha value is -0.790. The summed E-state index contributed by atoms with van der Waals surface area (Å²) in [6, 6.07) is 0.428. The van der Waals surface area contributed by atoms with Crippen LogP contribution < -0.4 is 0 Å². The predicted molar refractivity (Wildman–Crippen MR) is 103 cm³/mol. The number of likely N-dealkylation sites (N-methyl/N-ethyl adjacent to an activating group) is 1. The fourth-order valence-corrected chi connectivity index (χ4v) is 8.58. The van der Waals surface area contributed by atoms with Gasteiger partial charge in [0.15, 0.2) is 0 Å². The number of hydrogen-bond acceptors (Lipinski definition) is 1. The van der Waals surface area contributed by atoms with E-state index in [-0.39, 0.29) is 11.3 Å². The third kappa shape index (κ3) is 2.18. The Morgan fingerprint density at radius 3 is 2.56 bits per heavy atom. The standard InChI is InChI=1S/C23H37NO/c1-7-17-14(2)12-19-16-8-9-20-23(5,13-15(3)21(25)24(20)6)18(16)10-11-22(17,19)4/h14,16-20H,3,7-13H2,1-2,4-6H3/t14-,16+,17+,18-,19-,20+,22+,23+/m0/s1. The Kier molecular flexibility index (Phi) is 3.95. The summed E-state index contributed by atoms with van der Waals surface area (Å²) >= 11 is 0. The van der Waals surface area contributed by atoms with Crippen LogP contribution in [-0.2, 0) is 4.79 Å². The first-order valence-electron chi connectivity index (χ1n) is 10.7. The molecular weight excluding hydrogens is 306 g/mol. The first-order valence-corrected chi connectivity index (χ1v) is 10.7. The van der Waals surface area contributed by atoms with E-state index in [9.17, 15) is 4.79 Å². The first kappa shape index (κ1) is 17.6. The van der Waals surface area contributed by atoms with Gasteiger partial charge in [0, 0.05) is 18.7 Å². The number of piperidine rings is 1. The molecule has 0 radical (unpaired) electrons. The van der Waals surface area contributed by atoms with Crippen molar-refractivity contribution in [2.45, 2.75) is 78.7 Å². The molecule has 4 fully saturated rings. The Morgan fingerprint density at radius 2 is 1.88 bits per heavy atom. The zero-order valence-electron chi connectivity index (χ0n) is 17.0. The molecule has 3 saturated carbocycles. The van der Waals surface area contributed by atoms with Gasteiger partial charge in [0.05, 0.1) is 0 Å². The molecule has 2 nitrogen and oxygen atoms in total. The van der Waals surface area contributed by atoms with Gasteiger partial charge in [-0.05, 0) is 78.9 Å². The molecule has 1 amide bonds. The normalized spacial score (nSPS) is 52.6. The lowest BCUT2D eigenvalue weighted by atomic mass is 9.46. The second-order valence-corrected chi connectivity index (χ2v) is 10.4. The summed E-state index contributed by atoms with van der Waals surface area (Å²) in [5.74, 6) is 4.54. The summed E-state index contributed by atoms with van der Waals surface area (Å²) < 4.78 is 0. The number of carbonyl (C=O) groups excluding carboxylic acids is 1. The molecule has 1 saturated heterocycles. The minimum absolute atomic E-state index is 0.196. The van der Waals surface area contributed by atoms with Gasteiger partial charge in [0.2, 0.25) is 5.91 Å². The molecule has 1 aliphatic heterocycles. The van der Waals surface area contributed by atoms with Crippen LogP contribution in [0.2, 0.25) is 0 Å². The van der Waals surface area contributed by atoms with Gasteiger partial charge in [-0.2, -0.15) is 0 Å². The minimum atomic E-state index is 0.196. The van der Waals surface area contributed by atoms with Crippen molar-refractivity contribution in [3.05, 3.63) is 12.2 Å². The molecule has 0 aromatic rings. The molecule has 8 atom stereocenters. The summed E-state index contributed by atoms with van der Waals surface area (Å²) in [7, 11) is 2.02. The van der Waals surface area contributed by atoms with E-state index in [0.29, 0.717) is 11.5 Å². The van der Waals surface area contributed by atoms with Crippen molar-refractivity contribution in [2.24, 2.45) is 40.4 Å². The third-order valence-corrected chi connectivity index (χ3v) is 9.54. The van der Waals surface area contributed by atoms with Gasteiger partial charge in [0.25, 0.3) is 0 Å². The van der Waals surface area contributed by atoms with Gasteiger partial charge in [-0.1, -0.05) is 40.7 Å². The maximum atomic E-state index is 12.5. The number of carbonyl (C=O) groups is 1. The van der Waals surface area contributed by atoms with Crippen molar-refractivity contribution in [2.75, 3.05) is 7.05 Å². The number of nitrogens with zero attached hydrogens (tertiary/aromatic N) is 1. The van der Waals surface area contributed by atoms with Crippen molar-refractivity contribution < 1.29 is 4.79 Å². The molecule has 140 valence electrons. The van der Waals surface area contributed by atoms with Gasteiger partial charge in [-0.3, -0.25) is 4.79 Å². The molecule has 0 aromatic heterocycles. The van der Waals surface area contributed by atoms with Gasteiger partial charge in [0.1, 0.15) is 0 Å². The zero-order valence-corrected chi connectivity index (χ0v) is 17.0. The van der Waals surface area contributed by atoms with E-state index in [2.05, 4.69) is 34.3 Å². The van der Waals surface area contributed by atoms with E-state index in [1.54, 1.807) is 0 Å². The number of fused-ring (bicyclic) bond motifs is 5. The van der Waals surface area contributed by atoms with E-state index in [0.717, 1.165) is 41.6 Å². The lowest BCUT2D eigenvalue weighted by Crippen LogP contribution is -2.61. The highest BCUT2D eigenvalue weighted by Crippen LogP contribution is 2.67. The van der Waals surface area contributed by atoms with E-state index in [4.69, 9.17) is 0 Å². The molecule has 0 N–H and O–H groups in total. The molecule has 0 aromatic carbocycles. The Morgan fingerprint density at radius 1 is 1.16 bits per heavy atom. The number of likely N-dealkylation sites (tertiary alicyclic amines) is 1. The highest BCUT2D eigenvalue weighted by molar-refractivity contribution is 5.94. The predicted octanol–water partition coefficient (Wildman–Crippen LogP) is 5.29. The van der Waals surface area contributed by atoms with Crippen LogP contribution in [0.1, 0.15) is 72.6 Å². The van der Waals surface area contributed by atoms with Crippen LogP contribution in [0.4, 0.5) is 0 Å². The van der Waals surface area contributed by atoms with Crippen molar-refractivity contribution in [1.29, 1.82) is 0 Å². The smallest absolute Gasteiger partial charge is 0.249 e. The summed E-state index contributed by atoms with van der Waals surface area (Å²) in [5.41, 5.74) is 1.66. The Balaban J connectivity index is 1.67. The van der Waals surface area contributed by atoms with Gasteiger partial charge in [-0.25, -0.2) is 0 Å². The highest BCUT2D eigenvalue weighted by atomic mass is 16.2. The maximum absolute atomic E-state index is 12.5. The van der Waals surface area contributed by atoms with E-state index >= 15 is 0 Å². The molecule has 0 spiro atoms. The Labute approximate surface area is 154 Å². The van der Waals surface area contributed by atoms with Crippen LogP contribution in [-0.4, -0.2) is 23.9 Å². The van der Waals surface area contributed by atoms with Crippen molar-refractivity contribution >= 4 is 5.91 Å². The molecule has 25 heavy (non-hydrogen) atoms. The van der Waals surface area contributed by atoms with Crippen LogP contribution in [0, 0.1) is 40.4 Å². The van der Waals surface area contributed by atoms with Crippen LogP contribution in [0.25, 0.3) is 0 Å². The summed E-state index contributed by atoms with van der Waals surface area (Å²) in [4.78, 5) is 14.5. The summed E-state index contributed by atoms with van der Waals surface area (Å²) in [6.45, 7) is 14.2. The van der Waals surface area contributed by atoms with Crippen LogP contribution in [0.15, 0.2) is 12.2 Å². The van der Waals surface area contributed by atoms with Crippen LogP contribution in [0.3, 0.4) is 0 Å². The second kappa shape index (κ2) is 5.60.